The van der Waals surface area contributed by atoms with Gasteiger partial charge in [0.2, 0.25) is 5.91 Å². The molecule has 7 nitrogen and oxygen atoms in total. The number of amides is 1. The molecule has 1 amide bonds. The number of rotatable bonds is 3. The fourth-order valence-corrected chi connectivity index (χ4v) is 4.00. The Morgan fingerprint density at radius 3 is 2.52 bits per heavy atom. The number of aliphatic imine (C=N–C) groups is 1. The summed E-state index contributed by atoms with van der Waals surface area (Å²) in [6.45, 7) is 3.30. The molecule has 0 unspecified atom stereocenters. The molecule has 1 aromatic carbocycles. The highest BCUT2D eigenvalue weighted by Gasteiger charge is 2.41. The molecule has 0 saturated carbocycles. The minimum Gasteiger partial charge on any atom is -0.347 e. The summed E-state index contributed by atoms with van der Waals surface area (Å²) in [6.07, 6.45) is 0. The van der Waals surface area contributed by atoms with Gasteiger partial charge in [0.15, 0.2) is 33.2 Å². The largest absolute Gasteiger partial charge is 0.347 e. The lowest BCUT2D eigenvalue weighted by molar-refractivity contribution is -0.115. The zero-order valence-electron chi connectivity index (χ0n) is 15.1. The maximum Gasteiger partial charge on any atom is 0.243 e. The first kappa shape index (κ1) is 21.0. The standard InChI is InChI=1S/C16H21F3N4O3S/c1-16(2)9-23(6-7-27(16,25)26)15(20-3)21-8-12(24)22-11-5-4-10(17)13(18)14(11)19/h4-5H,6-9H2,1-3H3,(H,20,21)(H,22,24). The van der Waals surface area contributed by atoms with Gasteiger partial charge in [-0.25, -0.2) is 21.6 Å². The predicted molar refractivity (Wildman–Crippen MR) is 95.7 cm³/mol. The van der Waals surface area contributed by atoms with Crippen molar-refractivity contribution in [3.8, 4) is 0 Å². The maximum absolute atomic E-state index is 13.6. The summed E-state index contributed by atoms with van der Waals surface area (Å²) in [5.74, 6) is -4.97. The van der Waals surface area contributed by atoms with Crippen LogP contribution >= 0.6 is 0 Å². The third-order valence-electron chi connectivity index (χ3n) is 4.27. The lowest BCUT2D eigenvalue weighted by atomic mass is 10.2. The Hall–Kier alpha value is -2.30. The Bertz CT molecular complexity index is 872. The van der Waals surface area contributed by atoms with Gasteiger partial charge in [0, 0.05) is 20.1 Å². The number of anilines is 1. The van der Waals surface area contributed by atoms with Crippen LogP contribution in [0.15, 0.2) is 17.1 Å². The second-order valence-corrected chi connectivity index (χ2v) is 9.41. The van der Waals surface area contributed by atoms with Crippen molar-refractivity contribution in [3.63, 3.8) is 0 Å². The topological polar surface area (TPSA) is 90.9 Å². The van der Waals surface area contributed by atoms with Gasteiger partial charge in [-0.2, -0.15) is 0 Å². The van der Waals surface area contributed by atoms with Gasteiger partial charge in [0.05, 0.1) is 22.7 Å². The molecule has 1 heterocycles. The highest BCUT2D eigenvalue weighted by atomic mass is 32.2. The minimum absolute atomic E-state index is 0.0486. The van der Waals surface area contributed by atoms with Crippen molar-refractivity contribution < 1.29 is 26.4 Å². The average Bonchev–Trinajstić information content (AvgIpc) is 2.59. The molecule has 0 aromatic heterocycles. The molecule has 1 aliphatic rings. The van der Waals surface area contributed by atoms with Crippen LogP contribution in [0, 0.1) is 17.5 Å². The van der Waals surface area contributed by atoms with E-state index < -0.39 is 43.6 Å². The van der Waals surface area contributed by atoms with Crippen LogP contribution in [0.5, 0.6) is 0 Å². The number of hydrogen-bond donors (Lipinski definition) is 2. The number of carbonyl (C=O) groups excluding carboxylic acids is 1. The van der Waals surface area contributed by atoms with Crippen molar-refractivity contribution in [1.29, 1.82) is 0 Å². The van der Waals surface area contributed by atoms with Gasteiger partial charge in [-0.15, -0.1) is 0 Å². The van der Waals surface area contributed by atoms with E-state index in [-0.39, 0.29) is 25.4 Å². The molecule has 0 spiro atoms. The molecule has 150 valence electrons. The Labute approximate surface area is 155 Å². The normalized spacial score (nSPS) is 18.9. The Kier molecular flexibility index (Phi) is 6.03. The van der Waals surface area contributed by atoms with Crippen molar-refractivity contribution in [1.82, 2.24) is 10.2 Å². The molecule has 1 aromatic rings. The molecule has 2 N–H and O–H groups in total. The van der Waals surface area contributed by atoms with Gasteiger partial charge >= 0.3 is 0 Å². The summed E-state index contributed by atoms with van der Waals surface area (Å²) in [6, 6.07) is 1.62. The van der Waals surface area contributed by atoms with E-state index in [9.17, 15) is 26.4 Å². The van der Waals surface area contributed by atoms with Gasteiger partial charge in [-0.3, -0.25) is 9.79 Å². The highest BCUT2D eigenvalue weighted by Crippen LogP contribution is 2.23. The Morgan fingerprint density at radius 2 is 1.93 bits per heavy atom. The van der Waals surface area contributed by atoms with E-state index >= 15 is 0 Å². The summed E-state index contributed by atoms with van der Waals surface area (Å²) in [7, 11) is -1.75. The van der Waals surface area contributed by atoms with Crippen LogP contribution in [0.4, 0.5) is 18.9 Å². The van der Waals surface area contributed by atoms with E-state index in [0.717, 1.165) is 6.07 Å². The van der Waals surface area contributed by atoms with E-state index in [1.54, 1.807) is 18.7 Å². The maximum atomic E-state index is 13.6. The Morgan fingerprint density at radius 1 is 1.26 bits per heavy atom. The smallest absolute Gasteiger partial charge is 0.243 e. The number of benzene rings is 1. The lowest BCUT2D eigenvalue weighted by Crippen LogP contribution is -2.57. The van der Waals surface area contributed by atoms with Gasteiger partial charge in [0.1, 0.15) is 0 Å². The van der Waals surface area contributed by atoms with Crippen LogP contribution in [-0.2, 0) is 14.6 Å². The number of guanidine groups is 1. The van der Waals surface area contributed by atoms with Crippen LogP contribution in [0.3, 0.4) is 0 Å². The van der Waals surface area contributed by atoms with Crippen LogP contribution < -0.4 is 10.6 Å². The zero-order valence-corrected chi connectivity index (χ0v) is 16.0. The lowest BCUT2D eigenvalue weighted by Gasteiger charge is -2.39. The van der Waals surface area contributed by atoms with Gasteiger partial charge in [-0.1, -0.05) is 0 Å². The molecular weight excluding hydrogens is 385 g/mol. The van der Waals surface area contributed by atoms with Crippen molar-refractivity contribution in [3.05, 3.63) is 29.6 Å². The van der Waals surface area contributed by atoms with Crippen molar-refractivity contribution >= 4 is 27.4 Å². The van der Waals surface area contributed by atoms with E-state index in [0.29, 0.717) is 12.0 Å². The molecule has 1 aliphatic heterocycles. The summed E-state index contributed by atoms with van der Waals surface area (Å²) < 4.78 is 62.9. The quantitative estimate of drug-likeness (QED) is 0.446. The van der Waals surface area contributed by atoms with Crippen molar-refractivity contribution in [2.75, 3.05) is 37.8 Å². The molecule has 2 rings (SSSR count). The number of hydrogen-bond acceptors (Lipinski definition) is 4. The molecule has 0 aliphatic carbocycles. The molecule has 1 fully saturated rings. The van der Waals surface area contributed by atoms with E-state index in [4.69, 9.17) is 0 Å². The number of nitrogens with zero attached hydrogens (tertiary/aromatic N) is 2. The van der Waals surface area contributed by atoms with Crippen LogP contribution in [0.2, 0.25) is 0 Å². The second kappa shape index (κ2) is 7.75. The highest BCUT2D eigenvalue weighted by molar-refractivity contribution is 7.92. The number of carbonyl (C=O) groups is 1. The molecule has 0 radical (unpaired) electrons. The predicted octanol–water partition coefficient (Wildman–Crippen LogP) is 1.13. The number of halogens is 3. The SMILES string of the molecule is CN=C(NCC(=O)Nc1ccc(F)c(F)c1F)N1CCS(=O)(=O)C(C)(C)C1. The first-order chi connectivity index (χ1) is 12.5. The second-order valence-electron chi connectivity index (χ2n) is 6.67. The number of sulfone groups is 1. The Balaban J connectivity index is 1.99. The van der Waals surface area contributed by atoms with Gasteiger partial charge in [0.25, 0.3) is 0 Å². The molecule has 0 bridgehead atoms. The van der Waals surface area contributed by atoms with Crippen LogP contribution in [0.25, 0.3) is 0 Å². The third-order valence-corrected chi connectivity index (χ3v) is 6.80. The van der Waals surface area contributed by atoms with Crippen LogP contribution in [0.1, 0.15) is 13.8 Å². The van der Waals surface area contributed by atoms with Crippen LogP contribution in [-0.4, -0.2) is 62.4 Å². The molecular formula is C16H21F3N4O3S. The molecule has 27 heavy (non-hydrogen) atoms. The summed E-state index contributed by atoms with van der Waals surface area (Å²) in [5, 5.41) is 4.89. The minimum atomic E-state index is -3.23. The van der Waals surface area contributed by atoms with E-state index in [1.807, 2.05) is 0 Å². The van der Waals surface area contributed by atoms with Gasteiger partial charge < -0.3 is 15.5 Å². The van der Waals surface area contributed by atoms with Crippen molar-refractivity contribution in [2.45, 2.75) is 18.6 Å². The van der Waals surface area contributed by atoms with E-state index in [1.165, 1.54) is 7.05 Å². The molecule has 0 atom stereocenters. The summed E-state index contributed by atoms with van der Waals surface area (Å²) in [5.41, 5.74) is -0.485. The fourth-order valence-electron chi connectivity index (χ4n) is 2.63. The first-order valence-corrected chi connectivity index (χ1v) is 9.75. The van der Waals surface area contributed by atoms with Crippen molar-refractivity contribution in [2.24, 2.45) is 4.99 Å². The van der Waals surface area contributed by atoms with Gasteiger partial charge in [-0.05, 0) is 26.0 Å². The zero-order chi connectivity index (χ0) is 20.4. The average molecular weight is 406 g/mol. The van der Waals surface area contributed by atoms with E-state index in [2.05, 4.69) is 15.6 Å². The molecule has 11 heteroatoms. The molecule has 1 saturated heterocycles. The number of nitrogens with one attached hydrogen (secondary N) is 2. The fraction of sp³-hybridized carbons (Fsp3) is 0.500. The third kappa shape index (κ3) is 4.52. The summed E-state index contributed by atoms with van der Waals surface area (Å²) in [4.78, 5) is 17.7. The monoisotopic (exact) mass is 406 g/mol. The first-order valence-electron chi connectivity index (χ1n) is 8.10. The summed E-state index contributed by atoms with van der Waals surface area (Å²) >= 11 is 0.